The van der Waals surface area contributed by atoms with Crippen LogP contribution in [0.25, 0.3) is 0 Å². The maximum Gasteiger partial charge on any atom is 0.133 e. The summed E-state index contributed by atoms with van der Waals surface area (Å²) in [5.74, 6) is 1.75. The van der Waals surface area contributed by atoms with Crippen molar-refractivity contribution in [2.75, 3.05) is 0 Å². The van der Waals surface area contributed by atoms with Crippen molar-refractivity contribution < 1.29 is 4.74 Å². The molecule has 0 unspecified atom stereocenters. The zero-order valence-corrected chi connectivity index (χ0v) is 12.7. The molecule has 0 heterocycles. The molecule has 0 saturated carbocycles. The van der Waals surface area contributed by atoms with Crippen LogP contribution in [0.4, 0.5) is 0 Å². The minimum atomic E-state index is 0.324. The van der Waals surface area contributed by atoms with Gasteiger partial charge in [-0.2, -0.15) is 5.26 Å². The summed E-state index contributed by atoms with van der Waals surface area (Å²) in [6.45, 7) is 3.83. The van der Waals surface area contributed by atoms with Gasteiger partial charge in [0, 0.05) is 10.6 Å². The van der Waals surface area contributed by atoms with Gasteiger partial charge in [-0.3, -0.25) is 0 Å². The van der Waals surface area contributed by atoms with Gasteiger partial charge < -0.3 is 4.74 Å². The third-order valence-corrected chi connectivity index (χ3v) is 3.49. The molecule has 2 rings (SSSR count). The number of nitriles is 1. The fourth-order valence-corrected chi connectivity index (χ4v) is 2.44. The van der Waals surface area contributed by atoms with E-state index in [2.05, 4.69) is 6.07 Å². The van der Waals surface area contributed by atoms with Gasteiger partial charge in [-0.1, -0.05) is 11.6 Å². The van der Waals surface area contributed by atoms with Gasteiger partial charge in [0.15, 0.2) is 0 Å². The van der Waals surface area contributed by atoms with Crippen molar-refractivity contribution in [3.8, 4) is 17.6 Å². The molecule has 0 bridgehead atoms. The van der Waals surface area contributed by atoms with Gasteiger partial charge in [0.1, 0.15) is 11.5 Å². The number of hydrogen-bond donors (Lipinski definition) is 0. The van der Waals surface area contributed by atoms with Crippen LogP contribution in [0, 0.1) is 25.2 Å². The van der Waals surface area contributed by atoms with E-state index in [1.807, 2.05) is 13.8 Å². The molecule has 0 spiro atoms. The summed E-state index contributed by atoms with van der Waals surface area (Å²) in [6.07, 6.45) is 0. The molecular weight excluding hydrogens is 293 g/mol. The highest BCUT2D eigenvalue weighted by Gasteiger charge is 2.10. The quantitative estimate of drug-likeness (QED) is 0.715. The lowest BCUT2D eigenvalue weighted by atomic mass is 10.1. The molecule has 0 N–H and O–H groups in total. The van der Waals surface area contributed by atoms with Crippen molar-refractivity contribution in [2.24, 2.45) is 0 Å². The summed E-state index contributed by atoms with van der Waals surface area (Å²) in [6, 6.07) is 11.1. The summed E-state index contributed by atoms with van der Waals surface area (Å²) in [7, 11) is 0. The van der Waals surface area contributed by atoms with E-state index >= 15 is 0 Å². The van der Waals surface area contributed by atoms with Crippen LogP contribution in [-0.2, 0) is 5.88 Å². The molecule has 0 aliphatic rings. The topological polar surface area (TPSA) is 33.0 Å². The molecule has 0 amide bonds. The van der Waals surface area contributed by atoms with Crippen molar-refractivity contribution >= 4 is 23.2 Å². The predicted molar refractivity (Wildman–Crippen MR) is 81.7 cm³/mol. The summed E-state index contributed by atoms with van der Waals surface area (Å²) in [5, 5.41) is 9.58. The highest BCUT2D eigenvalue weighted by molar-refractivity contribution is 6.30. The van der Waals surface area contributed by atoms with E-state index in [-0.39, 0.29) is 0 Å². The molecule has 4 heteroatoms. The molecule has 0 fully saturated rings. The third-order valence-electron chi connectivity index (χ3n) is 2.97. The molecule has 2 aromatic rings. The molecule has 0 aromatic heterocycles. The van der Waals surface area contributed by atoms with Crippen LogP contribution in [-0.4, -0.2) is 0 Å². The molecule has 0 atom stereocenters. The Morgan fingerprint density at radius 2 is 1.80 bits per heavy atom. The van der Waals surface area contributed by atoms with Gasteiger partial charge in [-0.25, -0.2) is 0 Å². The Kier molecular flexibility index (Phi) is 4.54. The monoisotopic (exact) mass is 305 g/mol. The van der Waals surface area contributed by atoms with Crippen LogP contribution in [0.3, 0.4) is 0 Å². The minimum absolute atomic E-state index is 0.324. The van der Waals surface area contributed by atoms with Gasteiger partial charge in [0.2, 0.25) is 0 Å². The zero-order valence-electron chi connectivity index (χ0n) is 11.2. The van der Waals surface area contributed by atoms with Crippen LogP contribution in [0.2, 0.25) is 5.02 Å². The highest BCUT2D eigenvalue weighted by atomic mass is 35.5. The van der Waals surface area contributed by atoms with E-state index < -0.39 is 0 Å². The van der Waals surface area contributed by atoms with E-state index in [1.165, 1.54) is 0 Å². The van der Waals surface area contributed by atoms with Gasteiger partial charge in [0.05, 0.1) is 17.5 Å². The first-order valence-electron chi connectivity index (χ1n) is 6.08. The number of hydrogen-bond acceptors (Lipinski definition) is 2. The number of nitrogens with zero attached hydrogens (tertiary/aromatic N) is 1. The Balaban J connectivity index is 2.43. The van der Waals surface area contributed by atoms with Gasteiger partial charge in [0.25, 0.3) is 0 Å². The first kappa shape index (κ1) is 14.7. The lowest BCUT2D eigenvalue weighted by molar-refractivity contribution is 0.471. The summed E-state index contributed by atoms with van der Waals surface area (Å²) < 4.78 is 5.96. The molecule has 20 heavy (non-hydrogen) atoms. The number of benzene rings is 2. The predicted octanol–water partition coefficient (Wildman–Crippen LogP) is 5.36. The maximum atomic E-state index is 8.96. The zero-order chi connectivity index (χ0) is 14.7. The normalized spacial score (nSPS) is 10.2. The molecule has 0 saturated heterocycles. The van der Waals surface area contributed by atoms with Crippen LogP contribution >= 0.6 is 23.2 Å². The molecule has 0 aliphatic heterocycles. The van der Waals surface area contributed by atoms with Gasteiger partial charge in [-0.15, -0.1) is 11.6 Å². The molecule has 102 valence electrons. The lowest BCUT2D eigenvalue weighted by Crippen LogP contribution is -1.95. The van der Waals surface area contributed by atoms with Crippen LogP contribution in [0.1, 0.15) is 22.3 Å². The van der Waals surface area contributed by atoms with Gasteiger partial charge in [-0.05, 0) is 55.3 Å². The van der Waals surface area contributed by atoms with E-state index in [1.54, 1.807) is 30.3 Å². The number of ether oxygens (including phenoxy) is 1. The smallest absolute Gasteiger partial charge is 0.133 e. The van der Waals surface area contributed by atoms with Crippen LogP contribution in [0.5, 0.6) is 11.5 Å². The number of rotatable bonds is 3. The lowest BCUT2D eigenvalue weighted by Gasteiger charge is -2.14. The first-order valence-corrected chi connectivity index (χ1v) is 7.00. The Labute approximate surface area is 128 Å². The van der Waals surface area contributed by atoms with E-state index in [0.717, 1.165) is 22.4 Å². The van der Waals surface area contributed by atoms with E-state index in [0.29, 0.717) is 22.2 Å². The summed E-state index contributed by atoms with van der Waals surface area (Å²) in [4.78, 5) is 0. The third kappa shape index (κ3) is 3.07. The molecule has 0 radical (unpaired) electrons. The minimum Gasteiger partial charge on any atom is -0.456 e. The molecule has 2 nitrogen and oxygen atoms in total. The number of alkyl halides is 1. The van der Waals surface area contributed by atoms with Crippen LogP contribution in [0.15, 0.2) is 30.3 Å². The van der Waals surface area contributed by atoms with Crippen molar-refractivity contribution in [3.63, 3.8) is 0 Å². The second kappa shape index (κ2) is 6.17. The standard InChI is InChI=1S/C16H13Cl2NO/c1-10-5-12(9-19)6-11(2)16(10)20-15-4-3-14(18)7-13(15)8-17/h3-7H,8H2,1-2H3. The average molecular weight is 306 g/mol. The molecule has 2 aromatic carbocycles. The number of halogens is 2. The fourth-order valence-electron chi connectivity index (χ4n) is 2.04. The van der Waals surface area contributed by atoms with Crippen LogP contribution < -0.4 is 4.74 Å². The first-order chi connectivity index (χ1) is 9.55. The van der Waals surface area contributed by atoms with Gasteiger partial charge >= 0.3 is 0 Å². The number of aryl methyl sites for hydroxylation is 2. The van der Waals surface area contributed by atoms with Crippen molar-refractivity contribution in [2.45, 2.75) is 19.7 Å². The fraction of sp³-hybridized carbons (Fsp3) is 0.188. The molecule has 0 aliphatic carbocycles. The summed E-state index contributed by atoms with van der Waals surface area (Å²) in [5.41, 5.74) is 3.29. The Hall–Kier alpha value is -1.69. The van der Waals surface area contributed by atoms with Crippen molar-refractivity contribution in [1.82, 2.24) is 0 Å². The Morgan fingerprint density at radius 1 is 1.15 bits per heavy atom. The Morgan fingerprint density at radius 3 is 2.35 bits per heavy atom. The maximum absolute atomic E-state index is 8.96. The Bertz CT molecular complexity index is 666. The second-order valence-corrected chi connectivity index (χ2v) is 5.24. The SMILES string of the molecule is Cc1cc(C#N)cc(C)c1Oc1ccc(Cl)cc1CCl. The van der Waals surface area contributed by atoms with Crippen molar-refractivity contribution in [3.05, 3.63) is 57.6 Å². The highest BCUT2D eigenvalue weighted by Crippen LogP contribution is 2.33. The van der Waals surface area contributed by atoms with E-state index in [9.17, 15) is 0 Å². The largest absolute Gasteiger partial charge is 0.456 e. The van der Waals surface area contributed by atoms with Crippen molar-refractivity contribution in [1.29, 1.82) is 5.26 Å². The average Bonchev–Trinajstić information content (AvgIpc) is 2.43. The summed E-state index contributed by atoms with van der Waals surface area (Å²) >= 11 is 11.9. The van der Waals surface area contributed by atoms with E-state index in [4.69, 9.17) is 33.2 Å². The molecular formula is C16H13Cl2NO. The second-order valence-electron chi connectivity index (χ2n) is 4.54.